The van der Waals surface area contributed by atoms with E-state index in [1.165, 1.54) is 43.2 Å². The van der Waals surface area contributed by atoms with Gasteiger partial charge in [-0.15, -0.1) is 0 Å². The largest absolute Gasteiger partial charge is 0.345 e. The van der Waals surface area contributed by atoms with Gasteiger partial charge in [0.25, 0.3) is 0 Å². The molecule has 8 heteroatoms. The summed E-state index contributed by atoms with van der Waals surface area (Å²) < 4.78 is 22.9. The summed E-state index contributed by atoms with van der Waals surface area (Å²) in [5, 5.41) is 5.93. The second-order valence-electron chi connectivity index (χ2n) is 6.77. The minimum absolute atomic E-state index is 0.151. The molecule has 1 aliphatic heterocycles. The Labute approximate surface area is 135 Å². The number of aromatic nitrogens is 1. The standard InChI is InChI=1S/C14H22N4O2S2/c15-22(19,20)13-9-16-14(21-13)18-5-3-17(4-6-18)12-8-10-1-2-11(12)7-10/h9-12H,1-8H2,(H2,15,19,20)/t10-,11-,12-/m0/s1. The van der Waals surface area contributed by atoms with Gasteiger partial charge in [0.2, 0.25) is 10.0 Å². The second kappa shape index (κ2) is 5.43. The molecule has 0 spiro atoms. The minimum Gasteiger partial charge on any atom is -0.345 e. The molecule has 2 aliphatic carbocycles. The van der Waals surface area contributed by atoms with Gasteiger partial charge in [-0.25, -0.2) is 18.5 Å². The Bertz CT molecular complexity index is 652. The molecule has 2 N–H and O–H groups in total. The van der Waals surface area contributed by atoms with Crippen molar-refractivity contribution in [2.24, 2.45) is 17.0 Å². The number of piperazine rings is 1. The lowest BCUT2D eigenvalue weighted by Gasteiger charge is -2.40. The minimum atomic E-state index is -3.63. The molecule has 2 saturated carbocycles. The van der Waals surface area contributed by atoms with Crippen LogP contribution in [0.5, 0.6) is 0 Å². The van der Waals surface area contributed by atoms with Crippen LogP contribution in [0.2, 0.25) is 0 Å². The van der Waals surface area contributed by atoms with Crippen molar-refractivity contribution in [2.75, 3.05) is 31.1 Å². The van der Waals surface area contributed by atoms with Crippen molar-refractivity contribution in [1.82, 2.24) is 9.88 Å². The molecule has 3 atom stereocenters. The van der Waals surface area contributed by atoms with Gasteiger partial charge in [0, 0.05) is 32.2 Å². The molecule has 2 bridgehead atoms. The van der Waals surface area contributed by atoms with Gasteiger partial charge in [0.15, 0.2) is 9.34 Å². The van der Waals surface area contributed by atoms with Crippen LogP contribution in [0.15, 0.2) is 10.4 Å². The Kier molecular flexibility index (Phi) is 3.67. The fourth-order valence-corrected chi connectivity index (χ4v) is 6.02. The lowest BCUT2D eigenvalue weighted by molar-refractivity contribution is 0.135. The van der Waals surface area contributed by atoms with E-state index in [0.29, 0.717) is 0 Å². The monoisotopic (exact) mass is 342 g/mol. The van der Waals surface area contributed by atoms with E-state index in [1.54, 1.807) is 0 Å². The van der Waals surface area contributed by atoms with E-state index in [1.807, 2.05) is 0 Å². The summed E-state index contributed by atoms with van der Waals surface area (Å²) in [6, 6.07) is 0.789. The summed E-state index contributed by atoms with van der Waals surface area (Å²) in [4.78, 5) is 9.06. The fraction of sp³-hybridized carbons (Fsp3) is 0.786. The lowest BCUT2D eigenvalue weighted by Crippen LogP contribution is -2.51. The molecule has 1 aromatic rings. The third-order valence-corrected chi connectivity index (χ3v) is 7.97. The predicted octanol–water partition coefficient (Wildman–Crippen LogP) is 1.10. The van der Waals surface area contributed by atoms with Crippen molar-refractivity contribution in [3.05, 3.63) is 6.20 Å². The van der Waals surface area contributed by atoms with Crippen molar-refractivity contribution >= 4 is 26.5 Å². The van der Waals surface area contributed by atoms with Crippen LogP contribution in [0.25, 0.3) is 0 Å². The first-order valence-electron chi connectivity index (χ1n) is 7.98. The number of hydrogen-bond acceptors (Lipinski definition) is 6. The molecular weight excluding hydrogens is 320 g/mol. The molecule has 1 saturated heterocycles. The summed E-state index contributed by atoms with van der Waals surface area (Å²) in [6.07, 6.45) is 7.06. The van der Waals surface area contributed by atoms with E-state index in [9.17, 15) is 8.42 Å². The Hall–Kier alpha value is -0.700. The molecule has 4 rings (SSSR count). The lowest BCUT2D eigenvalue weighted by atomic mass is 9.93. The number of thiazole rings is 1. The molecule has 22 heavy (non-hydrogen) atoms. The fourth-order valence-electron chi connectivity index (χ4n) is 4.43. The molecular formula is C14H22N4O2S2. The van der Waals surface area contributed by atoms with Crippen molar-refractivity contribution in [3.8, 4) is 0 Å². The number of nitrogens with two attached hydrogens (primary N) is 1. The highest BCUT2D eigenvalue weighted by atomic mass is 32.2. The van der Waals surface area contributed by atoms with E-state index in [2.05, 4.69) is 14.8 Å². The van der Waals surface area contributed by atoms with Gasteiger partial charge in [-0.3, -0.25) is 4.90 Å². The number of fused-ring (bicyclic) bond motifs is 2. The zero-order valence-corrected chi connectivity index (χ0v) is 14.2. The number of anilines is 1. The van der Waals surface area contributed by atoms with Gasteiger partial charge < -0.3 is 4.90 Å². The van der Waals surface area contributed by atoms with Crippen molar-refractivity contribution < 1.29 is 8.42 Å². The third-order valence-electron chi connectivity index (χ3n) is 5.51. The van der Waals surface area contributed by atoms with Gasteiger partial charge in [-0.1, -0.05) is 17.8 Å². The van der Waals surface area contributed by atoms with Gasteiger partial charge in [0.05, 0.1) is 6.20 Å². The van der Waals surface area contributed by atoms with Crippen molar-refractivity contribution in [2.45, 2.75) is 35.9 Å². The van der Waals surface area contributed by atoms with Crippen LogP contribution >= 0.6 is 11.3 Å². The molecule has 3 aliphatic rings. The molecule has 0 aromatic carbocycles. The molecule has 0 amide bonds. The van der Waals surface area contributed by atoms with Crippen LogP contribution < -0.4 is 10.0 Å². The van der Waals surface area contributed by atoms with Gasteiger partial charge in [-0.05, 0) is 31.1 Å². The van der Waals surface area contributed by atoms with Crippen molar-refractivity contribution in [3.63, 3.8) is 0 Å². The molecule has 0 unspecified atom stereocenters. The molecule has 2 heterocycles. The number of nitrogens with zero attached hydrogens (tertiary/aromatic N) is 3. The third kappa shape index (κ3) is 2.66. The highest BCUT2D eigenvalue weighted by Crippen LogP contribution is 2.46. The first kappa shape index (κ1) is 14.9. The number of primary sulfonamides is 1. The molecule has 3 fully saturated rings. The van der Waals surface area contributed by atoms with Gasteiger partial charge >= 0.3 is 0 Å². The maximum absolute atomic E-state index is 11.3. The van der Waals surface area contributed by atoms with Crippen molar-refractivity contribution in [1.29, 1.82) is 0 Å². The summed E-state index contributed by atoms with van der Waals surface area (Å²) in [6.45, 7) is 3.95. The zero-order chi connectivity index (χ0) is 15.3. The molecule has 6 nitrogen and oxygen atoms in total. The average Bonchev–Trinajstić information content (AvgIpc) is 3.22. The maximum Gasteiger partial charge on any atom is 0.249 e. The quantitative estimate of drug-likeness (QED) is 0.890. The number of rotatable bonds is 3. The van der Waals surface area contributed by atoms with Crippen LogP contribution in [0.3, 0.4) is 0 Å². The normalized spacial score (nSPS) is 32.8. The highest BCUT2D eigenvalue weighted by molar-refractivity contribution is 7.91. The Morgan fingerprint density at radius 3 is 2.50 bits per heavy atom. The number of hydrogen-bond donors (Lipinski definition) is 1. The molecule has 1 aromatic heterocycles. The zero-order valence-electron chi connectivity index (χ0n) is 12.5. The van der Waals surface area contributed by atoms with Crippen LogP contribution in [0.4, 0.5) is 5.13 Å². The number of sulfonamides is 1. The molecule has 0 radical (unpaired) electrons. The summed E-state index contributed by atoms with van der Waals surface area (Å²) in [5.41, 5.74) is 0. The van der Waals surface area contributed by atoms with E-state index >= 15 is 0 Å². The van der Waals surface area contributed by atoms with E-state index in [4.69, 9.17) is 5.14 Å². The smallest absolute Gasteiger partial charge is 0.249 e. The summed E-state index contributed by atoms with van der Waals surface area (Å²) in [5.74, 6) is 1.90. The Morgan fingerprint density at radius 2 is 1.95 bits per heavy atom. The summed E-state index contributed by atoms with van der Waals surface area (Å²) >= 11 is 1.18. The Morgan fingerprint density at radius 1 is 1.18 bits per heavy atom. The van der Waals surface area contributed by atoms with Crippen LogP contribution in [-0.2, 0) is 10.0 Å². The first-order chi connectivity index (χ1) is 10.5. The topological polar surface area (TPSA) is 79.5 Å². The van der Waals surface area contributed by atoms with Gasteiger partial charge in [-0.2, -0.15) is 0 Å². The van der Waals surface area contributed by atoms with E-state index < -0.39 is 10.0 Å². The highest BCUT2D eigenvalue weighted by Gasteiger charge is 2.42. The summed E-state index contributed by atoms with van der Waals surface area (Å²) in [7, 11) is -3.63. The van der Waals surface area contributed by atoms with E-state index in [0.717, 1.165) is 49.2 Å². The van der Waals surface area contributed by atoms with Gasteiger partial charge in [0.1, 0.15) is 0 Å². The Balaban J connectivity index is 1.39. The molecule has 122 valence electrons. The van der Waals surface area contributed by atoms with Crippen LogP contribution in [-0.4, -0.2) is 50.5 Å². The van der Waals surface area contributed by atoms with Crippen LogP contribution in [0, 0.1) is 11.8 Å². The first-order valence-corrected chi connectivity index (χ1v) is 10.3. The predicted molar refractivity (Wildman–Crippen MR) is 86.5 cm³/mol. The second-order valence-corrected chi connectivity index (χ2v) is 9.57. The van der Waals surface area contributed by atoms with E-state index in [-0.39, 0.29) is 4.21 Å². The van der Waals surface area contributed by atoms with Crippen LogP contribution in [0.1, 0.15) is 25.7 Å². The maximum atomic E-state index is 11.3. The average molecular weight is 342 g/mol. The SMILES string of the molecule is NS(=O)(=O)c1cnc(N2CCN([C@H]3C[C@H]4CC[C@H]3C4)CC2)s1.